The van der Waals surface area contributed by atoms with Crippen molar-refractivity contribution in [3.63, 3.8) is 0 Å². The Bertz CT molecular complexity index is 947. The summed E-state index contributed by atoms with van der Waals surface area (Å²) in [5.41, 5.74) is -1.76. The molecule has 0 radical (unpaired) electrons. The van der Waals surface area contributed by atoms with Crippen LogP contribution in [0.1, 0.15) is 54.4 Å². The highest BCUT2D eigenvalue weighted by Crippen LogP contribution is 2.61. The van der Waals surface area contributed by atoms with Crippen LogP contribution in [0.2, 0.25) is 0 Å². The van der Waals surface area contributed by atoms with E-state index in [1.54, 1.807) is 35.9 Å². The molecule has 7 atom stereocenters. The smallest absolute Gasteiger partial charge is 0.249 e. The van der Waals surface area contributed by atoms with Gasteiger partial charge in [-0.25, -0.2) is 0 Å². The first-order valence-electron chi connectivity index (χ1n) is 13.1. The lowest BCUT2D eigenvalue weighted by molar-refractivity contribution is -0.155. The average molecular weight is 583 g/mol. The summed E-state index contributed by atoms with van der Waals surface area (Å²) in [5, 5.41) is 10.1. The van der Waals surface area contributed by atoms with E-state index in [9.17, 15) is 19.5 Å². The third kappa shape index (κ3) is 5.03. The summed E-state index contributed by atoms with van der Waals surface area (Å²) >= 11 is 3.70. The van der Waals surface area contributed by atoms with Gasteiger partial charge in [0.1, 0.15) is 11.6 Å². The fourth-order valence-corrected chi connectivity index (χ4v) is 7.98. The van der Waals surface area contributed by atoms with Crippen molar-refractivity contribution in [2.45, 2.75) is 88.5 Å². The third-order valence-corrected chi connectivity index (χ3v) is 8.88. The van der Waals surface area contributed by atoms with Crippen molar-refractivity contribution in [3.05, 3.63) is 25.3 Å². The second-order valence-electron chi connectivity index (χ2n) is 12.7. The van der Waals surface area contributed by atoms with Crippen molar-refractivity contribution >= 4 is 33.7 Å². The summed E-state index contributed by atoms with van der Waals surface area (Å²) < 4.78 is 6.59. The van der Waals surface area contributed by atoms with Crippen LogP contribution >= 0.6 is 15.9 Å². The molecule has 0 aromatic carbocycles. The van der Waals surface area contributed by atoms with Crippen LogP contribution in [0.15, 0.2) is 25.3 Å². The second-order valence-corrected chi connectivity index (χ2v) is 13.9. The molecule has 0 aliphatic carbocycles. The topological polar surface area (TPSA) is 90.4 Å². The molecule has 0 saturated carbocycles. The molecule has 37 heavy (non-hydrogen) atoms. The summed E-state index contributed by atoms with van der Waals surface area (Å²) in [5.74, 6) is -2.27. The standard InChI is InChI=1S/C28H44BrN3O5/c1-10-12-30(9)23(34)19-20-24(35)32(17(3)15-33)22(28(20)14-18(29)21(19)37-28)25(36)31(13-11-2)27(7,8)16-26(4,5)6/h10-11,17-22,33H,1-2,12-16H2,3-9H3/t17-,18?,19+,20+,21+,22?,28?/m1/s1. The van der Waals surface area contributed by atoms with Gasteiger partial charge in [-0.15, -0.1) is 13.2 Å². The summed E-state index contributed by atoms with van der Waals surface area (Å²) in [6.07, 6.45) is 3.97. The molecule has 3 aliphatic rings. The molecule has 1 N–H and O–H groups in total. The van der Waals surface area contributed by atoms with Crippen LogP contribution in [-0.4, -0.2) is 98.4 Å². The van der Waals surface area contributed by atoms with Gasteiger partial charge in [0.15, 0.2) is 0 Å². The predicted molar refractivity (Wildman–Crippen MR) is 147 cm³/mol. The molecule has 0 aromatic rings. The lowest BCUT2D eigenvalue weighted by Gasteiger charge is -2.46. The molecule has 3 saturated heterocycles. The number of aliphatic hydroxyl groups is 1. The summed E-state index contributed by atoms with van der Waals surface area (Å²) in [6.45, 7) is 20.1. The number of fused-ring (bicyclic) bond motifs is 1. The highest BCUT2D eigenvalue weighted by Gasteiger charge is 2.77. The molecule has 0 aromatic heterocycles. The molecular weight excluding hydrogens is 538 g/mol. The van der Waals surface area contributed by atoms with Gasteiger partial charge in [-0.05, 0) is 39.0 Å². The van der Waals surface area contributed by atoms with Crippen molar-refractivity contribution < 1.29 is 24.2 Å². The average Bonchev–Trinajstić information content (AvgIpc) is 3.37. The second kappa shape index (κ2) is 10.5. The Morgan fingerprint density at radius 2 is 1.81 bits per heavy atom. The fraction of sp³-hybridized carbons (Fsp3) is 0.750. The maximum absolute atomic E-state index is 14.6. The quantitative estimate of drug-likeness (QED) is 0.316. The van der Waals surface area contributed by atoms with E-state index in [1.165, 1.54) is 4.90 Å². The Morgan fingerprint density at radius 1 is 1.22 bits per heavy atom. The lowest BCUT2D eigenvalue weighted by Crippen LogP contribution is -2.62. The first-order chi connectivity index (χ1) is 17.1. The van der Waals surface area contributed by atoms with Crippen molar-refractivity contribution in [2.75, 3.05) is 26.7 Å². The van der Waals surface area contributed by atoms with Crippen LogP contribution in [0.5, 0.6) is 0 Å². The van der Waals surface area contributed by atoms with Gasteiger partial charge in [0.05, 0.1) is 30.6 Å². The van der Waals surface area contributed by atoms with Crippen LogP contribution in [0.25, 0.3) is 0 Å². The van der Waals surface area contributed by atoms with Gasteiger partial charge in [0, 0.05) is 30.5 Å². The van der Waals surface area contributed by atoms with Gasteiger partial charge in [-0.3, -0.25) is 14.4 Å². The monoisotopic (exact) mass is 581 g/mol. The molecule has 3 amide bonds. The number of aliphatic hydroxyl groups excluding tert-OH is 1. The van der Waals surface area contributed by atoms with Gasteiger partial charge in [0.2, 0.25) is 17.7 Å². The van der Waals surface area contributed by atoms with E-state index in [4.69, 9.17) is 4.74 Å². The van der Waals surface area contributed by atoms with Gasteiger partial charge in [-0.1, -0.05) is 48.9 Å². The van der Waals surface area contributed by atoms with Crippen LogP contribution in [0.3, 0.4) is 0 Å². The van der Waals surface area contributed by atoms with Crippen LogP contribution < -0.4 is 0 Å². The van der Waals surface area contributed by atoms with Crippen molar-refractivity contribution in [2.24, 2.45) is 17.3 Å². The summed E-state index contributed by atoms with van der Waals surface area (Å²) in [7, 11) is 1.68. The lowest BCUT2D eigenvalue weighted by atomic mass is 9.70. The zero-order valence-corrected chi connectivity index (χ0v) is 25.0. The maximum atomic E-state index is 14.6. The number of halogens is 1. The zero-order chi connectivity index (χ0) is 28.1. The maximum Gasteiger partial charge on any atom is 0.249 e. The Morgan fingerprint density at radius 3 is 2.32 bits per heavy atom. The van der Waals surface area contributed by atoms with Gasteiger partial charge in [0.25, 0.3) is 0 Å². The molecule has 3 aliphatic heterocycles. The number of nitrogens with zero attached hydrogens (tertiary/aromatic N) is 3. The molecule has 1 spiro atoms. The number of amides is 3. The number of carbonyl (C=O) groups excluding carboxylic acids is 3. The number of ether oxygens (including phenoxy) is 1. The molecule has 3 fully saturated rings. The first-order valence-corrected chi connectivity index (χ1v) is 14.0. The summed E-state index contributed by atoms with van der Waals surface area (Å²) in [6, 6.07) is -1.57. The molecule has 2 bridgehead atoms. The van der Waals surface area contributed by atoms with E-state index >= 15 is 0 Å². The van der Waals surface area contributed by atoms with Gasteiger partial charge in [-0.2, -0.15) is 0 Å². The fourth-order valence-electron chi connectivity index (χ4n) is 7.03. The molecule has 3 unspecified atom stereocenters. The highest BCUT2D eigenvalue weighted by atomic mass is 79.9. The minimum atomic E-state index is -1.16. The van der Waals surface area contributed by atoms with E-state index in [2.05, 4.69) is 49.9 Å². The van der Waals surface area contributed by atoms with Gasteiger partial charge >= 0.3 is 0 Å². The molecular formula is C28H44BrN3O5. The number of alkyl halides is 1. The molecule has 9 heteroatoms. The van der Waals surface area contributed by atoms with Crippen LogP contribution in [0, 0.1) is 17.3 Å². The number of rotatable bonds is 10. The Labute approximate surface area is 230 Å². The van der Waals surface area contributed by atoms with E-state index in [0.29, 0.717) is 19.5 Å². The number of hydrogen-bond acceptors (Lipinski definition) is 5. The van der Waals surface area contributed by atoms with Gasteiger partial charge < -0.3 is 24.5 Å². The van der Waals surface area contributed by atoms with Crippen LogP contribution in [0.4, 0.5) is 0 Å². The van der Waals surface area contributed by atoms with E-state index < -0.39 is 41.2 Å². The SMILES string of the molecule is C=CCN(C)C(=O)[C@H]1[C@H]2C(=O)N([C@H](C)CO)C(C(=O)N(CC=C)C(C)(C)CC(C)(C)C)C23CC(Br)[C@@H]1O3. The van der Waals surface area contributed by atoms with Crippen molar-refractivity contribution in [1.29, 1.82) is 0 Å². The number of likely N-dealkylation sites (tertiary alicyclic amines) is 1. The summed E-state index contributed by atoms with van der Waals surface area (Å²) in [4.78, 5) is 46.9. The minimum absolute atomic E-state index is 0.0515. The van der Waals surface area contributed by atoms with E-state index in [0.717, 1.165) is 6.42 Å². The van der Waals surface area contributed by atoms with E-state index in [-0.39, 0.29) is 34.6 Å². The number of carbonyl (C=O) groups is 3. The predicted octanol–water partition coefficient (Wildman–Crippen LogP) is 2.99. The molecule has 3 rings (SSSR count). The molecule has 3 heterocycles. The normalized spacial score (nSPS) is 31.8. The minimum Gasteiger partial charge on any atom is -0.394 e. The highest BCUT2D eigenvalue weighted by molar-refractivity contribution is 9.09. The Kier molecular flexibility index (Phi) is 8.43. The van der Waals surface area contributed by atoms with Crippen molar-refractivity contribution in [3.8, 4) is 0 Å². The molecule has 8 nitrogen and oxygen atoms in total. The molecule has 208 valence electrons. The Balaban J connectivity index is 2.13. The number of likely N-dealkylation sites (N-methyl/N-ethyl adjacent to an activating group) is 1. The van der Waals surface area contributed by atoms with Crippen LogP contribution in [-0.2, 0) is 19.1 Å². The first kappa shape index (κ1) is 29.8. The Hall–Kier alpha value is -1.71. The zero-order valence-electron chi connectivity index (χ0n) is 23.4. The van der Waals surface area contributed by atoms with Crippen molar-refractivity contribution in [1.82, 2.24) is 14.7 Å². The largest absolute Gasteiger partial charge is 0.394 e. The van der Waals surface area contributed by atoms with E-state index in [1.807, 2.05) is 13.8 Å². The number of hydrogen-bond donors (Lipinski definition) is 1. The third-order valence-electron chi connectivity index (χ3n) is 8.04.